The lowest BCUT2D eigenvalue weighted by molar-refractivity contribution is 0.285. The van der Waals surface area contributed by atoms with Crippen LogP contribution in [0.25, 0.3) is 0 Å². The van der Waals surface area contributed by atoms with Crippen molar-refractivity contribution in [3.63, 3.8) is 0 Å². The second-order valence-electron chi connectivity index (χ2n) is 5.40. The first-order valence-corrected chi connectivity index (χ1v) is 6.19. The van der Waals surface area contributed by atoms with Gasteiger partial charge in [-0.1, -0.05) is 18.2 Å². The number of nitrogens with two attached hydrogens (primary N) is 1. The molecule has 2 unspecified atom stereocenters. The largest absolute Gasteiger partial charge is 0.493 e. The average molecular weight is 217 g/mol. The van der Waals surface area contributed by atoms with Crippen LogP contribution in [0.5, 0.6) is 5.75 Å². The minimum Gasteiger partial charge on any atom is -0.493 e. The van der Waals surface area contributed by atoms with E-state index in [1.807, 2.05) is 6.07 Å². The smallest absolute Gasteiger partial charge is 0.122 e. The van der Waals surface area contributed by atoms with Gasteiger partial charge in [-0.3, -0.25) is 0 Å². The maximum absolute atomic E-state index is 6.09. The quantitative estimate of drug-likeness (QED) is 0.844. The van der Waals surface area contributed by atoms with Crippen molar-refractivity contribution in [1.29, 1.82) is 0 Å². The molecule has 2 heteroatoms. The summed E-state index contributed by atoms with van der Waals surface area (Å²) in [6, 6.07) is 8.73. The number of hydrogen-bond donors (Lipinski definition) is 1. The zero-order valence-electron chi connectivity index (χ0n) is 9.78. The second kappa shape index (κ2) is 3.49. The summed E-state index contributed by atoms with van der Waals surface area (Å²) in [6.45, 7) is 2.99. The third kappa shape index (κ3) is 1.52. The minimum atomic E-state index is 0.320. The Morgan fingerprint density at radius 3 is 2.88 bits per heavy atom. The molecule has 86 valence electrons. The van der Waals surface area contributed by atoms with E-state index < -0.39 is 0 Å². The normalized spacial score (nSPS) is 27.0. The van der Waals surface area contributed by atoms with Gasteiger partial charge in [0.25, 0.3) is 0 Å². The number of fused-ring (bicyclic) bond motifs is 1. The van der Waals surface area contributed by atoms with Gasteiger partial charge in [0, 0.05) is 17.5 Å². The van der Waals surface area contributed by atoms with Gasteiger partial charge in [0.15, 0.2) is 0 Å². The van der Waals surface area contributed by atoms with Gasteiger partial charge in [0.05, 0.1) is 6.61 Å². The summed E-state index contributed by atoms with van der Waals surface area (Å²) in [7, 11) is 0. The molecule has 0 amide bonds. The Morgan fingerprint density at radius 1 is 1.44 bits per heavy atom. The van der Waals surface area contributed by atoms with E-state index in [1.54, 1.807) is 0 Å². The number of para-hydroxylation sites is 1. The first-order chi connectivity index (χ1) is 7.71. The molecule has 16 heavy (non-hydrogen) atoms. The Kier molecular flexibility index (Phi) is 2.21. The zero-order valence-corrected chi connectivity index (χ0v) is 9.78. The molecule has 0 spiro atoms. The Labute approximate surface area is 96.8 Å². The molecule has 1 aromatic carbocycles. The Hall–Kier alpha value is -1.02. The van der Waals surface area contributed by atoms with E-state index in [1.165, 1.54) is 24.8 Å². The van der Waals surface area contributed by atoms with Crippen molar-refractivity contribution in [2.24, 2.45) is 11.1 Å². The van der Waals surface area contributed by atoms with Gasteiger partial charge in [-0.2, -0.15) is 0 Å². The van der Waals surface area contributed by atoms with Crippen molar-refractivity contribution in [2.75, 3.05) is 6.61 Å². The standard InChI is InChI=1S/C14H19NO/c1-10(15)14(6-7-14)8-11-9-16-13-5-3-2-4-12(11)13/h2-5,10-11H,6-9,15H2,1H3. The van der Waals surface area contributed by atoms with Crippen LogP contribution in [0.4, 0.5) is 0 Å². The summed E-state index contributed by atoms with van der Waals surface area (Å²) in [5.74, 6) is 1.64. The molecule has 2 N–H and O–H groups in total. The van der Waals surface area contributed by atoms with Gasteiger partial charge in [0.2, 0.25) is 0 Å². The molecule has 1 aliphatic carbocycles. The summed E-state index contributed by atoms with van der Waals surface area (Å²) >= 11 is 0. The zero-order chi connectivity index (χ0) is 11.2. The fourth-order valence-electron chi connectivity index (χ4n) is 2.89. The van der Waals surface area contributed by atoms with Crippen molar-refractivity contribution in [1.82, 2.24) is 0 Å². The van der Waals surface area contributed by atoms with Crippen LogP contribution in [0.15, 0.2) is 24.3 Å². The van der Waals surface area contributed by atoms with Crippen molar-refractivity contribution < 1.29 is 4.74 Å². The van der Waals surface area contributed by atoms with E-state index in [9.17, 15) is 0 Å². The van der Waals surface area contributed by atoms with Crippen molar-refractivity contribution in [2.45, 2.75) is 38.1 Å². The molecule has 1 aliphatic heterocycles. The van der Waals surface area contributed by atoms with Gasteiger partial charge < -0.3 is 10.5 Å². The average Bonchev–Trinajstić information content (AvgIpc) is 2.96. The summed E-state index contributed by atoms with van der Waals surface area (Å²) in [6.07, 6.45) is 3.79. The van der Waals surface area contributed by atoms with E-state index >= 15 is 0 Å². The van der Waals surface area contributed by atoms with Gasteiger partial charge >= 0.3 is 0 Å². The predicted molar refractivity (Wildman–Crippen MR) is 64.6 cm³/mol. The van der Waals surface area contributed by atoms with E-state index in [-0.39, 0.29) is 0 Å². The first-order valence-electron chi connectivity index (χ1n) is 6.19. The van der Waals surface area contributed by atoms with Gasteiger partial charge in [-0.05, 0) is 37.7 Å². The highest BCUT2D eigenvalue weighted by Crippen LogP contribution is 2.55. The van der Waals surface area contributed by atoms with Crippen LogP contribution in [0.2, 0.25) is 0 Å². The lowest BCUT2D eigenvalue weighted by Gasteiger charge is -2.22. The summed E-state index contributed by atoms with van der Waals surface area (Å²) in [4.78, 5) is 0. The number of hydrogen-bond acceptors (Lipinski definition) is 2. The van der Waals surface area contributed by atoms with Crippen molar-refractivity contribution >= 4 is 0 Å². The summed E-state index contributed by atoms with van der Waals surface area (Å²) in [5, 5.41) is 0. The van der Waals surface area contributed by atoms with Crippen LogP contribution in [-0.4, -0.2) is 12.6 Å². The Bertz CT molecular complexity index is 395. The molecule has 1 heterocycles. The third-order valence-corrected chi connectivity index (χ3v) is 4.31. The SMILES string of the molecule is CC(N)C1(CC2COc3ccccc32)CC1. The van der Waals surface area contributed by atoms with Crippen LogP contribution in [0, 0.1) is 5.41 Å². The molecule has 0 bridgehead atoms. The monoisotopic (exact) mass is 217 g/mol. The number of ether oxygens (including phenoxy) is 1. The highest BCUT2D eigenvalue weighted by molar-refractivity contribution is 5.40. The maximum Gasteiger partial charge on any atom is 0.122 e. The van der Waals surface area contributed by atoms with Crippen molar-refractivity contribution in [3.8, 4) is 5.75 Å². The number of benzene rings is 1. The highest BCUT2D eigenvalue weighted by Gasteiger charge is 2.48. The second-order valence-corrected chi connectivity index (χ2v) is 5.40. The topological polar surface area (TPSA) is 35.2 Å². The van der Waals surface area contributed by atoms with E-state index in [0.29, 0.717) is 17.4 Å². The number of rotatable bonds is 3. The minimum absolute atomic E-state index is 0.320. The van der Waals surface area contributed by atoms with Crippen LogP contribution in [0.3, 0.4) is 0 Å². The molecule has 3 rings (SSSR count). The van der Waals surface area contributed by atoms with Crippen LogP contribution < -0.4 is 10.5 Å². The molecule has 1 aromatic rings. The third-order valence-electron chi connectivity index (χ3n) is 4.31. The van der Waals surface area contributed by atoms with Crippen LogP contribution in [0.1, 0.15) is 37.7 Å². The van der Waals surface area contributed by atoms with E-state index in [4.69, 9.17) is 10.5 Å². The molecule has 1 fully saturated rings. The molecule has 0 saturated heterocycles. The summed E-state index contributed by atoms with van der Waals surface area (Å²) < 4.78 is 5.72. The molecular formula is C14H19NO. The Morgan fingerprint density at radius 2 is 2.19 bits per heavy atom. The molecular weight excluding hydrogens is 198 g/mol. The van der Waals surface area contributed by atoms with Crippen LogP contribution in [-0.2, 0) is 0 Å². The van der Waals surface area contributed by atoms with E-state index in [2.05, 4.69) is 25.1 Å². The highest BCUT2D eigenvalue weighted by atomic mass is 16.5. The molecule has 1 saturated carbocycles. The fourth-order valence-corrected chi connectivity index (χ4v) is 2.89. The fraction of sp³-hybridized carbons (Fsp3) is 0.571. The maximum atomic E-state index is 6.09. The lowest BCUT2D eigenvalue weighted by Crippen LogP contribution is -2.29. The van der Waals surface area contributed by atoms with E-state index in [0.717, 1.165) is 12.4 Å². The molecule has 0 radical (unpaired) electrons. The predicted octanol–water partition coefficient (Wildman–Crippen LogP) is 2.68. The first kappa shape index (κ1) is 10.2. The molecule has 2 atom stereocenters. The van der Waals surface area contributed by atoms with Crippen molar-refractivity contribution in [3.05, 3.63) is 29.8 Å². The molecule has 2 aliphatic rings. The molecule has 2 nitrogen and oxygen atoms in total. The Balaban J connectivity index is 1.79. The summed E-state index contributed by atoms with van der Waals surface area (Å²) in [5.41, 5.74) is 7.88. The van der Waals surface area contributed by atoms with Gasteiger partial charge in [0.1, 0.15) is 5.75 Å². The van der Waals surface area contributed by atoms with Gasteiger partial charge in [-0.15, -0.1) is 0 Å². The van der Waals surface area contributed by atoms with Gasteiger partial charge in [-0.25, -0.2) is 0 Å². The van der Waals surface area contributed by atoms with Crippen LogP contribution >= 0.6 is 0 Å². The lowest BCUT2D eigenvalue weighted by atomic mass is 9.84. The molecule has 0 aromatic heterocycles.